The van der Waals surface area contributed by atoms with E-state index in [0.717, 1.165) is 19.5 Å². The Balaban J connectivity index is 1.85. The molecule has 5 nitrogen and oxygen atoms in total. The largest absolute Gasteiger partial charge is 0.487 e. The van der Waals surface area contributed by atoms with Crippen molar-refractivity contribution in [3.8, 4) is 5.75 Å². The molecule has 1 N–H and O–H groups in total. The summed E-state index contributed by atoms with van der Waals surface area (Å²) in [6.07, 6.45) is 0.880. The SMILES string of the molecule is CN1CC[C@@H](Oc2cc(NS(=O)(=O)c3ccc(Cl)c(Cl)c3Cl)ccc2Cl)C1. The lowest BCUT2D eigenvalue weighted by Gasteiger charge is -2.16. The van der Waals surface area contributed by atoms with Crippen LogP contribution in [0.4, 0.5) is 5.69 Å². The monoisotopic (exact) mass is 468 g/mol. The smallest absolute Gasteiger partial charge is 0.263 e. The van der Waals surface area contributed by atoms with Crippen LogP contribution in [0.15, 0.2) is 35.2 Å². The third-order valence-electron chi connectivity index (χ3n) is 4.11. The van der Waals surface area contributed by atoms with Crippen molar-refractivity contribution in [3.05, 3.63) is 50.4 Å². The second kappa shape index (κ2) is 8.23. The molecule has 0 aromatic heterocycles. The van der Waals surface area contributed by atoms with Gasteiger partial charge < -0.3 is 9.64 Å². The van der Waals surface area contributed by atoms with E-state index in [9.17, 15) is 8.42 Å². The lowest BCUT2D eigenvalue weighted by atomic mass is 10.3. The number of anilines is 1. The second-order valence-electron chi connectivity index (χ2n) is 6.21. The maximum absolute atomic E-state index is 12.7. The average Bonchev–Trinajstić information content (AvgIpc) is 3.00. The van der Waals surface area contributed by atoms with Crippen LogP contribution in [-0.4, -0.2) is 39.6 Å². The minimum Gasteiger partial charge on any atom is -0.487 e. The van der Waals surface area contributed by atoms with E-state index in [-0.39, 0.29) is 26.1 Å². The number of ether oxygens (including phenoxy) is 1. The summed E-state index contributed by atoms with van der Waals surface area (Å²) in [5, 5.41) is 0.409. The molecular weight excluding hydrogens is 454 g/mol. The van der Waals surface area contributed by atoms with Gasteiger partial charge in [0.2, 0.25) is 0 Å². The summed E-state index contributed by atoms with van der Waals surface area (Å²) in [6.45, 7) is 1.72. The molecule has 0 amide bonds. The summed E-state index contributed by atoms with van der Waals surface area (Å²) in [5.74, 6) is 0.414. The Hall–Kier alpha value is -0.890. The summed E-state index contributed by atoms with van der Waals surface area (Å²) in [7, 11) is -1.97. The van der Waals surface area contributed by atoms with E-state index in [1.54, 1.807) is 18.2 Å². The number of likely N-dealkylation sites (tertiary alicyclic amines) is 1. The Morgan fingerprint density at radius 1 is 1.07 bits per heavy atom. The van der Waals surface area contributed by atoms with Crippen LogP contribution < -0.4 is 9.46 Å². The molecule has 1 atom stereocenters. The fourth-order valence-corrected chi connectivity index (χ4v) is 4.94. The quantitative estimate of drug-likeness (QED) is 0.612. The normalized spacial score (nSPS) is 17.9. The van der Waals surface area contributed by atoms with E-state index in [2.05, 4.69) is 9.62 Å². The second-order valence-corrected chi connectivity index (χ2v) is 9.44. The Bertz CT molecular complexity index is 969. The maximum Gasteiger partial charge on any atom is 0.263 e. The van der Waals surface area contributed by atoms with Crippen LogP contribution in [0.3, 0.4) is 0 Å². The van der Waals surface area contributed by atoms with Crippen LogP contribution in [0.1, 0.15) is 6.42 Å². The van der Waals surface area contributed by atoms with Gasteiger partial charge in [0.05, 0.1) is 25.8 Å². The Morgan fingerprint density at radius 3 is 2.44 bits per heavy atom. The van der Waals surface area contributed by atoms with Crippen LogP contribution in [-0.2, 0) is 10.0 Å². The molecule has 2 aromatic carbocycles. The van der Waals surface area contributed by atoms with Crippen molar-refractivity contribution in [3.63, 3.8) is 0 Å². The zero-order valence-corrected chi connectivity index (χ0v) is 18.0. The first-order valence-corrected chi connectivity index (χ1v) is 11.0. The van der Waals surface area contributed by atoms with Crippen LogP contribution in [0.25, 0.3) is 0 Å². The van der Waals surface area contributed by atoms with Crippen molar-refractivity contribution >= 4 is 62.1 Å². The molecule has 2 aromatic rings. The molecule has 0 saturated carbocycles. The van der Waals surface area contributed by atoms with Crippen molar-refractivity contribution < 1.29 is 13.2 Å². The van der Waals surface area contributed by atoms with Crippen molar-refractivity contribution in [1.29, 1.82) is 0 Å². The Morgan fingerprint density at radius 2 is 1.78 bits per heavy atom. The van der Waals surface area contributed by atoms with Gasteiger partial charge in [-0.25, -0.2) is 8.42 Å². The van der Waals surface area contributed by atoms with E-state index in [0.29, 0.717) is 16.5 Å². The van der Waals surface area contributed by atoms with Gasteiger partial charge in [0.1, 0.15) is 16.7 Å². The summed E-state index contributed by atoms with van der Waals surface area (Å²) < 4.78 is 33.8. The standard InChI is InChI=1S/C17H16Cl4N2O3S/c1-23-7-6-11(9-23)26-14-8-10(2-3-12(14)18)22-27(24,25)15-5-4-13(19)16(20)17(15)21/h2-5,8,11,22H,6-7,9H2,1H3/t11-/m1/s1. The number of nitrogens with zero attached hydrogens (tertiary/aromatic N) is 1. The summed E-state index contributed by atoms with van der Waals surface area (Å²) in [6, 6.07) is 7.32. The van der Waals surface area contributed by atoms with Crippen LogP contribution >= 0.6 is 46.4 Å². The molecule has 3 rings (SSSR count). The minimum absolute atomic E-state index is 0.00359. The van der Waals surface area contributed by atoms with Gasteiger partial charge in [0, 0.05) is 19.2 Å². The predicted molar refractivity (Wildman–Crippen MR) is 110 cm³/mol. The van der Waals surface area contributed by atoms with E-state index in [4.69, 9.17) is 51.1 Å². The molecule has 1 saturated heterocycles. The topological polar surface area (TPSA) is 58.6 Å². The highest BCUT2D eigenvalue weighted by atomic mass is 35.5. The van der Waals surface area contributed by atoms with Gasteiger partial charge in [-0.2, -0.15) is 0 Å². The third kappa shape index (κ3) is 4.75. The predicted octanol–water partition coefficient (Wildman–Crippen LogP) is 5.18. The summed E-state index contributed by atoms with van der Waals surface area (Å²) in [5.41, 5.74) is 0.294. The molecule has 146 valence electrons. The van der Waals surface area contributed by atoms with Crippen molar-refractivity contribution in [2.75, 3.05) is 24.9 Å². The van der Waals surface area contributed by atoms with Gasteiger partial charge in [-0.3, -0.25) is 4.72 Å². The van der Waals surface area contributed by atoms with E-state index in [1.165, 1.54) is 12.1 Å². The zero-order valence-electron chi connectivity index (χ0n) is 14.2. The number of halogens is 4. The van der Waals surface area contributed by atoms with Gasteiger partial charge >= 0.3 is 0 Å². The molecular formula is C17H16Cl4N2O3S. The van der Waals surface area contributed by atoms with Crippen molar-refractivity contribution in [2.45, 2.75) is 17.4 Å². The number of nitrogens with one attached hydrogen (secondary N) is 1. The van der Waals surface area contributed by atoms with Crippen LogP contribution in [0, 0.1) is 0 Å². The molecule has 0 radical (unpaired) electrons. The molecule has 1 aliphatic rings. The Labute approximate surface area is 178 Å². The number of likely N-dealkylation sites (N-methyl/N-ethyl adjacent to an activating group) is 1. The molecule has 1 aliphatic heterocycles. The van der Waals surface area contributed by atoms with Gasteiger partial charge in [-0.15, -0.1) is 0 Å². The molecule has 0 aliphatic carbocycles. The molecule has 10 heteroatoms. The fraction of sp³-hybridized carbons (Fsp3) is 0.294. The van der Waals surface area contributed by atoms with E-state index < -0.39 is 10.0 Å². The number of hydrogen-bond donors (Lipinski definition) is 1. The van der Waals surface area contributed by atoms with Crippen LogP contribution in [0.2, 0.25) is 20.1 Å². The fourth-order valence-electron chi connectivity index (χ4n) is 2.75. The van der Waals surface area contributed by atoms with E-state index >= 15 is 0 Å². The first-order valence-electron chi connectivity index (χ1n) is 7.98. The van der Waals surface area contributed by atoms with Crippen molar-refractivity contribution in [1.82, 2.24) is 4.90 Å². The number of sulfonamides is 1. The summed E-state index contributed by atoms with van der Waals surface area (Å²) >= 11 is 24.0. The molecule has 1 heterocycles. The molecule has 0 unspecified atom stereocenters. The minimum atomic E-state index is -3.98. The number of rotatable bonds is 5. The maximum atomic E-state index is 12.7. The highest BCUT2D eigenvalue weighted by molar-refractivity contribution is 7.92. The Kier molecular flexibility index (Phi) is 6.35. The lowest BCUT2D eigenvalue weighted by molar-refractivity contribution is 0.208. The highest BCUT2D eigenvalue weighted by Gasteiger charge is 2.24. The third-order valence-corrected chi connectivity index (χ3v) is 7.26. The first-order chi connectivity index (χ1) is 12.7. The van der Waals surface area contributed by atoms with Gasteiger partial charge in [0.25, 0.3) is 10.0 Å². The molecule has 0 bridgehead atoms. The lowest BCUT2D eigenvalue weighted by Crippen LogP contribution is -2.21. The molecule has 27 heavy (non-hydrogen) atoms. The van der Waals surface area contributed by atoms with Gasteiger partial charge in [0.15, 0.2) is 0 Å². The molecule has 1 fully saturated rings. The summed E-state index contributed by atoms with van der Waals surface area (Å²) in [4.78, 5) is 1.98. The van der Waals surface area contributed by atoms with Crippen LogP contribution in [0.5, 0.6) is 5.75 Å². The van der Waals surface area contributed by atoms with Crippen molar-refractivity contribution in [2.24, 2.45) is 0 Å². The molecule has 0 spiro atoms. The first kappa shape index (κ1) is 20.8. The zero-order chi connectivity index (χ0) is 19.8. The van der Waals surface area contributed by atoms with E-state index in [1.807, 2.05) is 7.05 Å². The number of hydrogen-bond acceptors (Lipinski definition) is 4. The van der Waals surface area contributed by atoms with Gasteiger partial charge in [-0.05, 0) is 37.7 Å². The highest BCUT2D eigenvalue weighted by Crippen LogP contribution is 2.36. The average molecular weight is 470 g/mol. The number of benzene rings is 2. The van der Waals surface area contributed by atoms with Gasteiger partial charge in [-0.1, -0.05) is 46.4 Å².